The Hall–Kier alpha value is -2.11. The fourth-order valence-electron chi connectivity index (χ4n) is 1.43. The van der Waals surface area contributed by atoms with Gasteiger partial charge in [-0.1, -0.05) is 0 Å². The first kappa shape index (κ1) is 14.0. The molecule has 0 aromatic heterocycles. The van der Waals surface area contributed by atoms with E-state index in [0.29, 0.717) is 0 Å². The predicted molar refractivity (Wildman–Crippen MR) is 63.4 cm³/mol. The van der Waals surface area contributed by atoms with E-state index in [1.54, 1.807) is 13.8 Å². The average molecular weight is 256 g/mol. The summed E-state index contributed by atoms with van der Waals surface area (Å²) in [7, 11) is 2.67. The zero-order valence-electron chi connectivity index (χ0n) is 10.7. The third-order valence-corrected chi connectivity index (χ3v) is 2.17. The molecule has 0 spiro atoms. The van der Waals surface area contributed by atoms with Crippen molar-refractivity contribution in [1.29, 1.82) is 0 Å². The number of carbonyl (C=O) groups is 1. The Morgan fingerprint density at radius 1 is 1.22 bits per heavy atom. The molecule has 0 unspecified atom stereocenters. The van der Waals surface area contributed by atoms with Crippen LogP contribution in [0, 0.1) is 0 Å². The Morgan fingerprint density at radius 2 is 1.83 bits per heavy atom. The highest BCUT2D eigenvalue weighted by Gasteiger charge is 2.26. The van der Waals surface area contributed by atoms with E-state index in [2.05, 4.69) is 0 Å². The van der Waals surface area contributed by atoms with E-state index in [1.165, 1.54) is 14.2 Å². The van der Waals surface area contributed by atoms with Crippen LogP contribution in [0.1, 0.15) is 24.2 Å². The van der Waals surface area contributed by atoms with Gasteiger partial charge in [-0.2, -0.15) is 0 Å². The third kappa shape index (κ3) is 2.58. The number of benzene rings is 1. The van der Waals surface area contributed by atoms with Crippen LogP contribution in [0.3, 0.4) is 0 Å². The lowest BCUT2D eigenvalue weighted by Crippen LogP contribution is -2.13. The Bertz CT molecular complexity index is 452. The smallest absolute Gasteiger partial charge is 0.346 e. The number of carbonyl (C=O) groups excluding carboxylic acids is 1. The highest BCUT2D eigenvalue weighted by atomic mass is 16.5. The minimum Gasteiger partial charge on any atom is -0.504 e. The van der Waals surface area contributed by atoms with Gasteiger partial charge in [0.2, 0.25) is 0 Å². The second-order valence-corrected chi connectivity index (χ2v) is 3.81. The van der Waals surface area contributed by atoms with Gasteiger partial charge in [0.05, 0.1) is 20.3 Å². The SMILES string of the molecule is COc1cc(O)c(O)c(C(=O)OC(C)C)c1OC. The van der Waals surface area contributed by atoms with Crippen molar-refractivity contribution >= 4 is 5.97 Å². The van der Waals surface area contributed by atoms with Crippen LogP contribution in [0.4, 0.5) is 0 Å². The van der Waals surface area contributed by atoms with E-state index in [0.717, 1.165) is 6.07 Å². The summed E-state index contributed by atoms with van der Waals surface area (Å²) in [6.07, 6.45) is -0.366. The van der Waals surface area contributed by atoms with Gasteiger partial charge < -0.3 is 24.4 Å². The van der Waals surface area contributed by atoms with Crippen LogP contribution in [0.2, 0.25) is 0 Å². The van der Waals surface area contributed by atoms with Gasteiger partial charge in [-0.25, -0.2) is 4.79 Å². The monoisotopic (exact) mass is 256 g/mol. The number of aromatic hydroxyl groups is 2. The summed E-state index contributed by atoms with van der Waals surface area (Å²) in [4.78, 5) is 11.8. The summed E-state index contributed by atoms with van der Waals surface area (Å²) < 4.78 is 14.9. The molecule has 18 heavy (non-hydrogen) atoms. The van der Waals surface area contributed by atoms with Gasteiger partial charge in [0.15, 0.2) is 28.6 Å². The van der Waals surface area contributed by atoms with Crippen LogP contribution in [-0.2, 0) is 4.74 Å². The van der Waals surface area contributed by atoms with Gasteiger partial charge in [0, 0.05) is 6.07 Å². The first-order valence-electron chi connectivity index (χ1n) is 5.30. The van der Waals surface area contributed by atoms with Crippen molar-refractivity contribution in [2.24, 2.45) is 0 Å². The standard InChI is InChI=1S/C12H16O6/c1-6(2)18-12(15)9-10(14)7(13)5-8(16-3)11(9)17-4/h5-6,13-14H,1-4H3. The van der Waals surface area contributed by atoms with Gasteiger partial charge >= 0.3 is 5.97 Å². The molecule has 1 aromatic carbocycles. The summed E-state index contributed by atoms with van der Waals surface area (Å²) in [5, 5.41) is 19.2. The zero-order chi connectivity index (χ0) is 13.9. The van der Waals surface area contributed by atoms with Gasteiger partial charge in [-0.15, -0.1) is 0 Å². The van der Waals surface area contributed by atoms with Crippen LogP contribution in [-0.4, -0.2) is 36.5 Å². The van der Waals surface area contributed by atoms with Crippen molar-refractivity contribution in [1.82, 2.24) is 0 Å². The molecule has 0 aliphatic heterocycles. The summed E-state index contributed by atoms with van der Waals surface area (Å²) in [6.45, 7) is 3.34. The molecule has 0 heterocycles. The number of ether oxygens (including phenoxy) is 3. The summed E-state index contributed by atoms with van der Waals surface area (Å²) >= 11 is 0. The summed E-state index contributed by atoms with van der Waals surface area (Å²) in [6, 6.07) is 1.15. The molecule has 0 amide bonds. The van der Waals surface area contributed by atoms with Crippen molar-refractivity contribution in [3.8, 4) is 23.0 Å². The van der Waals surface area contributed by atoms with Gasteiger partial charge in [0.25, 0.3) is 0 Å². The second-order valence-electron chi connectivity index (χ2n) is 3.81. The van der Waals surface area contributed by atoms with Gasteiger partial charge in [-0.05, 0) is 13.8 Å². The summed E-state index contributed by atoms with van der Waals surface area (Å²) in [5.74, 6) is -1.74. The van der Waals surface area contributed by atoms with E-state index in [4.69, 9.17) is 14.2 Å². The molecule has 6 nitrogen and oxygen atoms in total. The molecule has 0 radical (unpaired) electrons. The zero-order valence-corrected chi connectivity index (χ0v) is 10.7. The maximum atomic E-state index is 11.8. The fraction of sp³-hybridized carbons (Fsp3) is 0.417. The number of hydrogen-bond acceptors (Lipinski definition) is 6. The molecule has 0 aliphatic rings. The number of rotatable bonds is 4. The van der Waals surface area contributed by atoms with E-state index >= 15 is 0 Å². The molecule has 6 heteroatoms. The number of hydrogen-bond donors (Lipinski definition) is 2. The highest BCUT2D eigenvalue weighted by Crippen LogP contribution is 2.43. The van der Waals surface area contributed by atoms with Crippen LogP contribution in [0.5, 0.6) is 23.0 Å². The molecule has 0 aliphatic carbocycles. The fourth-order valence-corrected chi connectivity index (χ4v) is 1.43. The normalized spacial score (nSPS) is 10.3. The van der Waals surface area contributed by atoms with Crippen molar-refractivity contribution in [3.63, 3.8) is 0 Å². The minimum atomic E-state index is -0.798. The predicted octanol–water partition coefficient (Wildman–Crippen LogP) is 1.68. The molecular formula is C12H16O6. The first-order chi connectivity index (χ1) is 8.42. The number of phenols is 2. The second kappa shape index (κ2) is 5.48. The molecule has 0 bridgehead atoms. The van der Waals surface area contributed by atoms with Crippen LogP contribution in [0.15, 0.2) is 6.07 Å². The van der Waals surface area contributed by atoms with E-state index in [-0.39, 0.29) is 23.2 Å². The lowest BCUT2D eigenvalue weighted by molar-refractivity contribution is 0.0369. The minimum absolute atomic E-state index is 0.0125. The molecule has 1 rings (SSSR count). The maximum Gasteiger partial charge on any atom is 0.346 e. The molecule has 0 fully saturated rings. The molecule has 1 aromatic rings. The number of methoxy groups -OCH3 is 2. The van der Waals surface area contributed by atoms with Crippen molar-refractivity contribution in [3.05, 3.63) is 11.6 Å². The van der Waals surface area contributed by atoms with Crippen LogP contribution in [0.25, 0.3) is 0 Å². The van der Waals surface area contributed by atoms with E-state index in [9.17, 15) is 15.0 Å². The number of esters is 1. The largest absolute Gasteiger partial charge is 0.504 e. The van der Waals surface area contributed by atoms with Gasteiger partial charge in [0.1, 0.15) is 0 Å². The quantitative estimate of drug-likeness (QED) is 0.629. The van der Waals surface area contributed by atoms with Crippen molar-refractivity contribution in [2.75, 3.05) is 14.2 Å². The Balaban J connectivity index is 3.39. The lowest BCUT2D eigenvalue weighted by atomic mass is 10.1. The molecule has 0 saturated carbocycles. The Labute approximate surface area is 105 Å². The van der Waals surface area contributed by atoms with Crippen molar-refractivity contribution in [2.45, 2.75) is 20.0 Å². The molecule has 0 saturated heterocycles. The van der Waals surface area contributed by atoms with E-state index < -0.39 is 17.5 Å². The molecule has 0 atom stereocenters. The molecular weight excluding hydrogens is 240 g/mol. The maximum absolute atomic E-state index is 11.8. The molecule has 2 N–H and O–H groups in total. The van der Waals surface area contributed by atoms with Crippen molar-refractivity contribution < 1.29 is 29.2 Å². The highest BCUT2D eigenvalue weighted by molar-refractivity contribution is 5.97. The first-order valence-corrected chi connectivity index (χ1v) is 5.30. The molecule has 100 valence electrons. The average Bonchev–Trinajstić information content (AvgIpc) is 2.30. The van der Waals surface area contributed by atoms with E-state index in [1.807, 2.05) is 0 Å². The lowest BCUT2D eigenvalue weighted by Gasteiger charge is -2.15. The van der Waals surface area contributed by atoms with Crippen LogP contribution >= 0.6 is 0 Å². The third-order valence-electron chi connectivity index (χ3n) is 2.17. The van der Waals surface area contributed by atoms with Crippen LogP contribution < -0.4 is 9.47 Å². The van der Waals surface area contributed by atoms with Gasteiger partial charge in [-0.3, -0.25) is 0 Å². The topological polar surface area (TPSA) is 85.2 Å². The summed E-state index contributed by atoms with van der Waals surface area (Å²) in [5.41, 5.74) is -0.261. The Kier molecular flexibility index (Phi) is 4.25. The number of phenolic OH excluding ortho intramolecular Hbond substituents is 2. The Morgan fingerprint density at radius 3 is 2.28 bits per heavy atom.